The molecule has 0 spiro atoms. The van der Waals surface area contributed by atoms with Crippen molar-refractivity contribution in [1.29, 1.82) is 0 Å². The van der Waals surface area contributed by atoms with Gasteiger partial charge in [-0.05, 0) is 12.0 Å². The number of aliphatic imine (C=N–C) groups is 1. The minimum atomic E-state index is 0.845. The third-order valence-corrected chi connectivity index (χ3v) is 4.61. The number of guanidine groups is 1. The van der Waals surface area contributed by atoms with Gasteiger partial charge >= 0.3 is 0 Å². The SMILES string of the molecule is CCc1cnc(CCNC(=NC)N(C)Cc2ccccc2)s1. The van der Waals surface area contributed by atoms with Crippen LogP contribution in [0.5, 0.6) is 0 Å². The van der Waals surface area contributed by atoms with Crippen LogP contribution in [0.3, 0.4) is 0 Å². The van der Waals surface area contributed by atoms with Crippen LogP contribution < -0.4 is 5.32 Å². The Morgan fingerprint density at radius 2 is 2.09 bits per heavy atom. The molecule has 0 aliphatic heterocycles. The zero-order chi connectivity index (χ0) is 15.8. The van der Waals surface area contributed by atoms with Crippen molar-refractivity contribution in [2.75, 3.05) is 20.6 Å². The average molecular weight is 316 g/mol. The van der Waals surface area contributed by atoms with E-state index in [1.807, 2.05) is 19.3 Å². The molecule has 0 bridgehead atoms. The number of hydrogen-bond donors (Lipinski definition) is 1. The number of benzene rings is 1. The van der Waals surface area contributed by atoms with Gasteiger partial charge < -0.3 is 10.2 Å². The number of nitrogens with zero attached hydrogens (tertiary/aromatic N) is 3. The Labute approximate surface area is 136 Å². The maximum atomic E-state index is 4.45. The maximum absolute atomic E-state index is 4.45. The number of thiazole rings is 1. The van der Waals surface area contributed by atoms with Crippen molar-refractivity contribution in [1.82, 2.24) is 15.2 Å². The van der Waals surface area contributed by atoms with Crippen molar-refractivity contribution in [2.45, 2.75) is 26.3 Å². The van der Waals surface area contributed by atoms with Gasteiger partial charge in [0.15, 0.2) is 5.96 Å². The number of aromatic nitrogens is 1. The molecule has 0 fully saturated rings. The summed E-state index contributed by atoms with van der Waals surface area (Å²) in [4.78, 5) is 12.3. The third-order valence-electron chi connectivity index (χ3n) is 3.41. The van der Waals surface area contributed by atoms with Crippen molar-refractivity contribution >= 4 is 17.3 Å². The van der Waals surface area contributed by atoms with Gasteiger partial charge in [-0.15, -0.1) is 11.3 Å². The molecule has 0 amide bonds. The topological polar surface area (TPSA) is 40.5 Å². The molecule has 0 unspecified atom stereocenters. The summed E-state index contributed by atoms with van der Waals surface area (Å²) in [6, 6.07) is 10.4. The molecule has 0 aliphatic rings. The Balaban J connectivity index is 1.81. The Morgan fingerprint density at radius 1 is 1.32 bits per heavy atom. The first-order chi connectivity index (χ1) is 10.7. The van der Waals surface area contributed by atoms with Crippen LogP contribution in [-0.4, -0.2) is 36.5 Å². The molecule has 1 N–H and O–H groups in total. The average Bonchev–Trinajstić information content (AvgIpc) is 3.00. The van der Waals surface area contributed by atoms with Gasteiger partial charge in [-0.25, -0.2) is 4.98 Å². The second-order valence-corrected chi connectivity index (χ2v) is 6.34. The van der Waals surface area contributed by atoms with Crippen LogP contribution in [0.15, 0.2) is 41.5 Å². The lowest BCUT2D eigenvalue weighted by Crippen LogP contribution is -2.39. The molecule has 5 heteroatoms. The highest BCUT2D eigenvalue weighted by molar-refractivity contribution is 7.11. The van der Waals surface area contributed by atoms with Crippen molar-refractivity contribution in [3.63, 3.8) is 0 Å². The summed E-state index contributed by atoms with van der Waals surface area (Å²) in [7, 11) is 3.88. The molecule has 2 aromatic rings. The van der Waals surface area contributed by atoms with E-state index in [0.717, 1.165) is 31.9 Å². The van der Waals surface area contributed by atoms with Gasteiger partial charge in [0.25, 0.3) is 0 Å². The summed E-state index contributed by atoms with van der Waals surface area (Å²) in [6.07, 6.45) is 3.98. The second-order valence-electron chi connectivity index (χ2n) is 5.14. The van der Waals surface area contributed by atoms with Crippen LogP contribution in [0.25, 0.3) is 0 Å². The van der Waals surface area contributed by atoms with E-state index in [1.54, 1.807) is 11.3 Å². The minimum Gasteiger partial charge on any atom is -0.356 e. The van der Waals surface area contributed by atoms with E-state index in [-0.39, 0.29) is 0 Å². The van der Waals surface area contributed by atoms with Crippen molar-refractivity contribution in [2.24, 2.45) is 4.99 Å². The summed E-state index contributed by atoms with van der Waals surface area (Å²) < 4.78 is 0. The molecule has 0 saturated heterocycles. The number of rotatable bonds is 6. The quantitative estimate of drug-likeness (QED) is 0.658. The Morgan fingerprint density at radius 3 is 2.73 bits per heavy atom. The first kappa shape index (κ1) is 16.5. The van der Waals surface area contributed by atoms with Crippen molar-refractivity contribution < 1.29 is 0 Å². The molecular weight excluding hydrogens is 292 g/mol. The first-order valence-electron chi connectivity index (χ1n) is 7.62. The smallest absolute Gasteiger partial charge is 0.193 e. The zero-order valence-corrected chi connectivity index (χ0v) is 14.4. The molecule has 1 aromatic carbocycles. The summed E-state index contributed by atoms with van der Waals surface area (Å²) in [6.45, 7) is 3.86. The molecule has 0 radical (unpaired) electrons. The van der Waals surface area contributed by atoms with Crippen LogP contribution in [-0.2, 0) is 19.4 Å². The van der Waals surface area contributed by atoms with Gasteiger partial charge in [0.05, 0.1) is 5.01 Å². The molecule has 0 aliphatic carbocycles. The standard InChI is InChI=1S/C17H24N4S/c1-4-15-12-20-16(22-15)10-11-19-17(18-2)21(3)13-14-8-6-5-7-9-14/h5-9,12H,4,10-11,13H2,1-3H3,(H,18,19). The van der Waals surface area contributed by atoms with E-state index < -0.39 is 0 Å². The van der Waals surface area contributed by atoms with Gasteiger partial charge in [0, 0.05) is 44.7 Å². The van der Waals surface area contributed by atoms with Crippen LogP contribution in [0.4, 0.5) is 0 Å². The van der Waals surface area contributed by atoms with Crippen LogP contribution in [0.1, 0.15) is 22.4 Å². The second kappa shape index (κ2) is 8.54. The first-order valence-corrected chi connectivity index (χ1v) is 8.44. The summed E-state index contributed by atoms with van der Waals surface area (Å²) in [5.74, 6) is 0.913. The highest BCUT2D eigenvalue weighted by Crippen LogP contribution is 2.13. The predicted octanol–water partition coefficient (Wildman–Crippen LogP) is 2.96. The summed E-state index contributed by atoms with van der Waals surface area (Å²) >= 11 is 1.80. The molecule has 1 heterocycles. The van der Waals surface area contributed by atoms with Gasteiger partial charge in [0.1, 0.15) is 0 Å². The van der Waals surface area contributed by atoms with E-state index in [4.69, 9.17) is 0 Å². The summed E-state index contributed by atoms with van der Waals surface area (Å²) in [5.41, 5.74) is 1.28. The van der Waals surface area contributed by atoms with Gasteiger partial charge in [-0.1, -0.05) is 37.3 Å². The van der Waals surface area contributed by atoms with Crippen molar-refractivity contribution in [3.05, 3.63) is 52.0 Å². The fourth-order valence-electron chi connectivity index (χ4n) is 2.23. The van der Waals surface area contributed by atoms with Crippen LogP contribution in [0.2, 0.25) is 0 Å². The zero-order valence-electron chi connectivity index (χ0n) is 13.5. The number of nitrogens with one attached hydrogen (secondary N) is 1. The minimum absolute atomic E-state index is 0.845. The van der Waals surface area contributed by atoms with Gasteiger partial charge in [-0.3, -0.25) is 4.99 Å². The van der Waals surface area contributed by atoms with E-state index in [2.05, 4.69) is 58.4 Å². The molecular formula is C17H24N4S. The van der Waals surface area contributed by atoms with E-state index in [9.17, 15) is 0 Å². The van der Waals surface area contributed by atoms with E-state index >= 15 is 0 Å². The Kier molecular flexibility index (Phi) is 6.40. The van der Waals surface area contributed by atoms with Gasteiger partial charge in [0.2, 0.25) is 0 Å². The largest absolute Gasteiger partial charge is 0.356 e. The van der Waals surface area contributed by atoms with Gasteiger partial charge in [-0.2, -0.15) is 0 Å². The normalized spacial score (nSPS) is 11.5. The molecule has 1 aromatic heterocycles. The monoisotopic (exact) mass is 316 g/mol. The number of aryl methyl sites for hydroxylation is 1. The highest BCUT2D eigenvalue weighted by atomic mass is 32.1. The molecule has 0 saturated carbocycles. The molecule has 118 valence electrons. The number of hydrogen-bond acceptors (Lipinski definition) is 3. The maximum Gasteiger partial charge on any atom is 0.193 e. The Hall–Kier alpha value is -1.88. The third kappa shape index (κ3) is 4.84. The van der Waals surface area contributed by atoms with E-state index in [0.29, 0.717) is 0 Å². The van der Waals surface area contributed by atoms with Crippen LogP contribution in [0, 0.1) is 0 Å². The highest BCUT2D eigenvalue weighted by Gasteiger charge is 2.07. The Bertz CT molecular complexity index is 592. The lowest BCUT2D eigenvalue weighted by atomic mass is 10.2. The fraction of sp³-hybridized carbons (Fsp3) is 0.412. The lowest BCUT2D eigenvalue weighted by molar-refractivity contribution is 0.477. The molecule has 2 rings (SSSR count). The lowest BCUT2D eigenvalue weighted by Gasteiger charge is -2.22. The fourth-order valence-corrected chi connectivity index (χ4v) is 3.09. The van der Waals surface area contributed by atoms with Crippen molar-refractivity contribution in [3.8, 4) is 0 Å². The van der Waals surface area contributed by atoms with E-state index in [1.165, 1.54) is 15.4 Å². The predicted molar refractivity (Wildman–Crippen MR) is 94.5 cm³/mol. The summed E-state index contributed by atoms with van der Waals surface area (Å²) in [5, 5.41) is 4.59. The molecule has 4 nitrogen and oxygen atoms in total. The molecule has 0 atom stereocenters. The molecule has 22 heavy (non-hydrogen) atoms. The van der Waals surface area contributed by atoms with Crippen LogP contribution >= 0.6 is 11.3 Å².